The highest BCUT2D eigenvalue weighted by molar-refractivity contribution is 14.1. The van der Waals surface area contributed by atoms with Crippen molar-refractivity contribution < 1.29 is 13.3 Å². The molecular formula is C13H7F2IN2OS. The number of nitrogens with zero attached hydrogens (tertiary/aromatic N) is 1. The number of halogens is 3. The molecule has 0 amide bonds. The van der Waals surface area contributed by atoms with Gasteiger partial charge in [-0.15, -0.1) is 11.3 Å². The summed E-state index contributed by atoms with van der Waals surface area (Å²) in [6.45, 7) is 0. The van der Waals surface area contributed by atoms with E-state index in [0.29, 0.717) is 16.9 Å². The quantitative estimate of drug-likeness (QED) is 0.639. The molecule has 1 aromatic carbocycles. The minimum Gasteiger partial charge on any atom is -0.380 e. The van der Waals surface area contributed by atoms with E-state index in [1.165, 1.54) is 23.5 Å². The van der Waals surface area contributed by atoms with Gasteiger partial charge in [-0.25, -0.2) is 8.78 Å². The standard InChI is InChI=1S/C13H7F2IN2OS/c14-8-1-6(2-9(15)4-8)11-12(19-18-13(11)17)7-3-10(16)20-5-7/h1-5H,(H2,17,18). The number of hydrogen-bond donors (Lipinski definition) is 1. The van der Waals surface area contributed by atoms with E-state index in [9.17, 15) is 8.78 Å². The minimum absolute atomic E-state index is 0.103. The van der Waals surface area contributed by atoms with Gasteiger partial charge in [-0.05, 0) is 46.4 Å². The van der Waals surface area contributed by atoms with Crippen molar-refractivity contribution in [3.63, 3.8) is 0 Å². The minimum atomic E-state index is -0.675. The topological polar surface area (TPSA) is 52.0 Å². The summed E-state index contributed by atoms with van der Waals surface area (Å²) in [5.41, 5.74) is 7.25. The molecule has 3 rings (SSSR count). The first-order chi connectivity index (χ1) is 9.54. The molecule has 2 aromatic heterocycles. The molecule has 0 aliphatic carbocycles. The van der Waals surface area contributed by atoms with E-state index in [2.05, 4.69) is 27.7 Å². The Morgan fingerprint density at radius 1 is 1.10 bits per heavy atom. The smallest absolute Gasteiger partial charge is 0.177 e. The molecule has 0 bridgehead atoms. The van der Waals surface area contributed by atoms with Gasteiger partial charge in [-0.2, -0.15) is 0 Å². The molecule has 0 saturated carbocycles. The van der Waals surface area contributed by atoms with Crippen LogP contribution in [0.5, 0.6) is 0 Å². The maximum absolute atomic E-state index is 13.4. The zero-order valence-electron chi connectivity index (χ0n) is 9.86. The summed E-state index contributed by atoms with van der Waals surface area (Å²) >= 11 is 3.71. The zero-order chi connectivity index (χ0) is 14.3. The zero-order valence-corrected chi connectivity index (χ0v) is 12.8. The van der Waals surface area contributed by atoms with Gasteiger partial charge in [0.2, 0.25) is 0 Å². The third-order valence-electron chi connectivity index (χ3n) is 2.70. The maximum atomic E-state index is 13.4. The van der Waals surface area contributed by atoms with Crippen molar-refractivity contribution in [2.45, 2.75) is 0 Å². The van der Waals surface area contributed by atoms with Gasteiger partial charge >= 0.3 is 0 Å². The molecule has 3 aromatic rings. The van der Waals surface area contributed by atoms with Crippen molar-refractivity contribution in [1.82, 2.24) is 5.16 Å². The molecule has 3 nitrogen and oxygen atoms in total. The summed E-state index contributed by atoms with van der Waals surface area (Å²) in [5, 5.41) is 5.57. The molecule has 2 heterocycles. The van der Waals surface area contributed by atoms with Crippen LogP contribution in [0.1, 0.15) is 0 Å². The Morgan fingerprint density at radius 2 is 1.80 bits per heavy atom. The van der Waals surface area contributed by atoms with Gasteiger partial charge in [0, 0.05) is 17.0 Å². The van der Waals surface area contributed by atoms with Gasteiger partial charge in [0.25, 0.3) is 0 Å². The average molecular weight is 404 g/mol. The van der Waals surface area contributed by atoms with Crippen molar-refractivity contribution in [3.8, 4) is 22.5 Å². The molecule has 0 unspecified atom stereocenters. The maximum Gasteiger partial charge on any atom is 0.177 e. The van der Waals surface area contributed by atoms with Crippen molar-refractivity contribution >= 4 is 39.7 Å². The van der Waals surface area contributed by atoms with Crippen LogP contribution in [-0.4, -0.2) is 5.16 Å². The normalized spacial score (nSPS) is 10.9. The molecule has 7 heteroatoms. The molecule has 0 fully saturated rings. The lowest BCUT2D eigenvalue weighted by atomic mass is 10.0. The fourth-order valence-corrected chi connectivity index (χ4v) is 3.23. The Labute approximate surface area is 130 Å². The number of rotatable bonds is 2. The second-order valence-corrected chi connectivity index (χ2v) is 6.87. The van der Waals surface area contributed by atoms with Crippen LogP contribution in [0.2, 0.25) is 0 Å². The van der Waals surface area contributed by atoms with E-state index < -0.39 is 11.6 Å². The molecule has 0 atom stereocenters. The average Bonchev–Trinajstić information content (AvgIpc) is 2.94. The number of thiophene rings is 1. The predicted octanol–water partition coefficient (Wildman–Crippen LogP) is 4.54. The van der Waals surface area contributed by atoms with Crippen molar-refractivity contribution in [3.05, 3.63) is 44.2 Å². The van der Waals surface area contributed by atoms with E-state index in [0.717, 1.165) is 14.5 Å². The van der Waals surface area contributed by atoms with E-state index in [-0.39, 0.29) is 5.82 Å². The second-order valence-electron chi connectivity index (χ2n) is 4.07. The Hall–Kier alpha value is -1.48. The first-order valence-corrected chi connectivity index (χ1v) is 7.46. The number of hydrogen-bond acceptors (Lipinski definition) is 4. The summed E-state index contributed by atoms with van der Waals surface area (Å²) in [7, 11) is 0. The summed E-state index contributed by atoms with van der Waals surface area (Å²) in [6, 6.07) is 5.10. The fourth-order valence-electron chi connectivity index (χ4n) is 1.91. The van der Waals surface area contributed by atoms with Crippen LogP contribution in [0.3, 0.4) is 0 Å². The molecule has 0 saturated heterocycles. The number of benzene rings is 1. The molecule has 20 heavy (non-hydrogen) atoms. The Morgan fingerprint density at radius 3 is 2.40 bits per heavy atom. The summed E-state index contributed by atoms with van der Waals surface area (Å²) in [5.74, 6) is -0.837. The number of aromatic nitrogens is 1. The van der Waals surface area contributed by atoms with Crippen molar-refractivity contribution in [1.29, 1.82) is 0 Å². The van der Waals surface area contributed by atoms with Crippen LogP contribution >= 0.6 is 33.9 Å². The van der Waals surface area contributed by atoms with Crippen LogP contribution in [0.15, 0.2) is 34.2 Å². The molecule has 0 aliphatic rings. The largest absolute Gasteiger partial charge is 0.380 e. The highest BCUT2D eigenvalue weighted by Gasteiger charge is 2.19. The van der Waals surface area contributed by atoms with Crippen LogP contribution in [0.25, 0.3) is 22.5 Å². The molecular weight excluding hydrogens is 397 g/mol. The lowest BCUT2D eigenvalue weighted by Gasteiger charge is -2.02. The second kappa shape index (κ2) is 5.13. The Kier molecular flexibility index (Phi) is 3.47. The van der Waals surface area contributed by atoms with Crippen molar-refractivity contribution in [2.75, 3.05) is 5.73 Å². The number of anilines is 1. The third kappa shape index (κ3) is 2.42. The summed E-state index contributed by atoms with van der Waals surface area (Å²) in [6.07, 6.45) is 0. The molecule has 102 valence electrons. The molecule has 0 radical (unpaired) electrons. The molecule has 2 N–H and O–H groups in total. The lowest BCUT2D eigenvalue weighted by Crippen LogP contribution is -1.90. The Balaban J connectivity index is 2.21. The summed E-state index contributed by atoms with van der Waals surface area (Å²) < 4.78 is 33.0. The monoisotopic (exact) mass is 404 g/mol. The first-order valence-electron chi connectivity index (χ1n) is 5.50. The number of nitrogen functional groups attached to an aromatic ring is 1. The van der Waals surface area contributed by atoms with Gasteiger partial charge in [0.1, 0.15) is 11.6 Å². The van der Waals surface area contributed by atoms with Crippen LogP contribution in [0, 0.1) is 14.5 Å². The number of nitrogens with two attached hydrogens (primary N) is 1. The van der Waals surface area contributed by atoms with E-state index in [1.807, 2.05) is 11.4 Å². The predicted molar refractivity (Wildman–Crippen MR) is 82.3 cm³/mol. The van der Waals surface area contributed by atoms with Crippen LogP contribution < -0.4 is 5.73 Å². The SMILES string of the molecule is Nc1noc(-c2csc(I)c2)c1-c1cc(F)cc(F)c1. The molecule has 0 aliphatic heterocycles. The highest BCUT2D eigenvalue weighted by atomic mass is 127. The van der Waals surface area contributed by atoms with Gasteiger partial charge in [-0.1, -0.05) is 5.16 Å². The molecule has 0 spiro atoms. The fraction of sp³-hybridized carbons (Fsp3) is 0. The Bertz CT molecular complexity index is 764. The first kappa shape index (κ1) is 13.5. The van der Waals surface area contributed by atoms with Gasteiger partial charge in [-0.3, -0.25) is 0 Å². The van der Waals surface area contributed by atoms with Crippen molar-refractivity contribution in [2.24, 2.45) is 0 Å². The van der Waals surface area contributed by atoms with Gasteiger partial charge in [0.15, 0.2) is 11.6 Å². The highest BCUT2D eigenvalue weighted by Crippen LogP contribution is 2.38. The van der Waals surface area contributed by atoms with E-state index in [4.69, 9.17) is 10.3 Å². The van der Waals surface area contributed by atoms with E-state index >= 15 is 0 Å². The lowest BCUT2D eigenvalue weighted by molar-refractivity contribution is 0.436. The van der Waals surface area contributed by atoms with Gasteiger partial charge in [0.05, 0.1) is 8.45 Å². The van der Waals surface area contributed by atoms with E-state index in [1.54, 1.807) is 0 Å². The van der Waals surface area contributed by atoms with Gasteiger partial charge < -0.3 is 10.3 Å². The van der Waals surface area contributed by atoms with Crippen LogP contribution in [0.4, 0.5) is 14.6 Å². The summed E-state index contributed by atoms with van der Waals surface area (Å²) in [4.78, 5) is 0. The van der Waals surface area contributed by atoms with Crippen LogP contribution in [-0.2, 0) is 0 Å². The third-order valence-corrected chi connectivity index (χ3v) is 4.49.